The monoisotopic (exact) mass is 551 g/mol. The molecular weight excluding hydrogens is 525 g/mol. The number of anilines is 4. The molecule has 3 aromatic carbocycles. The van der Waals surface area contributed by atoms with Gasteiger partial charge >= 0.3 is 0 Å². The van der Waals surface area contributed by atoms with Gasteiger partial charge in [0.1, 0.15) is 28.7 Å². The highest BCUT2D eigenvalue weighted by Crippen LogP contribution is 2.42. The van der Waals surface area contributed by atoms with Gasteiger partial charge in [-0.3, -0.25) is 14.4 Å². The Hall–Kier alpha value is -3.95. The summed E-state index contributed by atoms with van der Waals surface area (Å²) in [7, 11) is 0. The van der Waals surface area contributed by atoms with E-state index in [0.717, 1.165) is 6.07 Å². The first-order chi connectivity index (χ1) is 18.4. The molecule has 0 fully saturated rings. The fourth-order valence-electron chi connectivity index (χ4n) is 4.88. The molecule has 2 heterocycles. The van der Waals surface area contributed by atoms with Crippen LogP contribution < -0.4 is 26.4 Å². The summed E-state index contributed by atoms with van der Waals surface area (Å²) in [6.07, 6.45) is 0. The zero-order chi connectivity index (χ0) is 28.2. The van der Waals surface area contributed by atoms with Gasteiger partial charge in [-0.2, -0.15) is 0 Å². The lowest BCUT2D eigenvalue weighted by atomic mass is 9.85. The van der Waals surface area contributed by atoms with Crippen LogP contribution in [-0.2, 0) is 13.2 Å². The van der Waals surface area contributed by atoms with E-state index < -0.39 is 34.0 Å². The number of aryl methyl sites for hydroxylation is 1. The van der Waals surface area contributed by atoms with E-state index in [-0.39, 0.29) is 40.8 Å². The Morgan fingerprint density at radius 1 is 1.08 bits per heavy atom. The van der Waals surface area contributed by atoms with Crippen molar-refractivity contribution >= 4 is 40.3 Å². The van der Waals surface area contributed by atoms with Crippen molar-refractivity contribution in [2.75, 3.05) is 15.5 Å². The molecule has 1 aromatic heterocycles. The summed E-state index contributed by atoms with van der Waals surface area (Å²) >= 11 is 6.34. The Morgan fingerprint density at radius 2 is 1.77 bits per heavy atom. The average molecular weight is 552 g/mol. The van der Waals surface area contributed by atoms with Gasteiger partial charge in [0.25, 0.3) is 16.8 Å². The molecule has 5 rings (SSSR count). The number of aliphatic hydroxyl groups is 1. The average Bonchev–Trinajstić information content (AvgIpc) is 3.47. The number of carbonyl (C=O) groups is 1. The second kappa shape index (κ2) is 9.66. The molecule has 0 aliphatic carbocycles. The summed E-state index contributed by atoms with van der Waals surface area (Å²) in [5.74, 6) is -0.140. The molecule has 8 nitrogen and oxygen atoms in total. The smallest absolute Gasteiger partial charge is 0.261 e. The number of nitrogens with one attached hydrogen (secondary N) is 2. The Balaban J connectivity index is 1.54. The van der Waals surface area contributed by atoms with Crippen LogP contribution in [0, 0.1) is 18.2 Å². The summed E-state index contributed by atoms with van der Waals surface area (Å²) in [4.78, 5) is 40.3. The molecule has 0 saturated heterocycles. The number of hydrogen-bond acceptors (Lipinski definition) is 7. The van der Waals surface area contributed by atoms with Gasteiger partial charge in [-0.15, -0.1) is 0 Å². The van der Waals surface area contributed by atoms with Crippen LogP contribution in [0.2, 0.25) is 5.02 Å². The van der Waals surface area contributed by atoms with E-state index in [0.29, 0.717) is 28.3 Å². The summed E-state index contributed by atoms with van der Waals surface area (Å²) < 4.78 is 21.1. The first-order valence-electron chi connectivity index (χ1n) is 12.4. The number of furan rings is 1. The predicted octanol–water partition coefficient (Wildman–Crippen LogP) is 5.57. The first kappa shape index (κ1) is 26.6. The summed E-state index contributed by atoms with van der Waals surface area (Å²) in [5.41, 5.74) is -1.15. The lowest BCUT2D eigenvalue weighted by molar-refractivity contribution is 0.0996. The summed E-state index contributed by atoms with van der Waals surface area (Å²) in [6, 6.07) is 11.0. The first-order valence-corrected chi connectivity index (χ1v) is 12.7. The molecule has 1 atom stereocenters. The van der Waals surface area contributed by atoms with Gasteiger partial charge in [0.15, 0.2) is 0 Å². The molecule has 0 saturated carbocycles. The minimum absolute atomic E-state index is 0.0231. The Bertz CT molecular complexity index is 1680. The molecule has 1 aliphatic heterocycles. The van der Waals surface area contributed by atoms with Gasteiger partial charge in [-0.05, 0) is 36.6 Å². The topological polar surface area (TPSA) is 112 Å². The molecule has 202 valence electrons. The van der Waals surface area contributed by atoms with Crippen molar-refractivity contribution in [3.05, 3.63) is 102 Å². The third-order valence-electron chi connectivity index (χ3n) is 6.92. The van der Waals surface area contributed by atoms with Gasteiger partial charge in [-0.25, -0.2) is 4.39 Å². The van der Waals surface area contributed by atoms with E-state index in [9.17, 15) is 19.5 Å². The fraction of sp³-hybridized carbons (Fsp3) is 0.276. The third kappa shape index (κ3) is 4.51. The Morgan fingerprint density at radius 3 is 2.41 bits per heavy atom. The highest BCUT2D eigenvalue weighted by Gasteiger charge is 2.38. The molecule has 1 aliphatic rings. The largest absolute Gasteiger partial charge is 0.464 e. The normalized spacial score (nSPS) is 14.1. The van der Waals surface area contributed by atoms with Crippen LogP contribution in [0.3, 0.4) is 0 Å². The van der Waals surface area contributed by atoms with Gasteiger partial charge in [0.05, 0.1) is 30.4 Å². The minimum atomic E-state index is -0.850. The predicted molar refractivity (Wildman–Crippen MR) is 148 cm³/mol. The van der Waals surface area contributed by atoms with Crippen molar-refractivity contribution in [2.24, 2.45) is 5.41 Å². The van der Waals surface area contributed by atoms with E-state index in [1.807, 2.05) is 20.8 Å². The molecule has 0 radical (unpaired) electrons. The number of rotatable bonds is 7. The van der Waals surface area contributed by atoms with Crippen LogP contribution in [0.4, 0.5) is 27.1 Å². The molecule has 3 N–H and O–H groups in total. The number of carbonyl (C=O) groups excluding carboxylic acids is 1. The number of nitrogens with zero attached hydrogens (tertiary/aromatic N) is 1. The molecule has 10 heteroatoms. The van der Waals surface area contributed by atoms with Crippen molar-refractivity contribution in [2.45, 2.75) is 46.9 Å². The Kier molecular flexibility index (Phi) is 6.60. The molecule has 0 bridgehead atoms. The number of para-hydroxylation sites is 1. The number of amides is 1. The lowest BCUT2D eigenvalue weighted by Gasteiger charge is -2.31. The lowest BCUT2D eigenvalue weighted by Crippen LogP contribution is -2.39. The number of aliphatic hydroxyl groups excluding tert-OH is 1. The quantitative estimate of drug-likeness (QED) is 0.257. The fourth-order valence-corrected chi connectivity index (χ4v) is 5.13. The van der Waals surface area contributed by atoms with Crippen LogP contribution in [-0.4, -0.2) is 11.0 Å². The third-order valence-corrected chi connectivity index (χ3v) is 7.26. The molecule has 39 heavy (non-hydrogen) atoms. The number of fused-ring (bicyclic) bond motifs is 1. The van der Waals surface area contributed by atoms with Gasteiger partial charge in [-0.1, -0.05) is 50.6 Å². The van der Waals surface area contributed by atoms with E-state index in [4.69, 9.17) is 16.0 Å². The SMILES string of the molecule is Cc1ccc([C@H](Nc2c(Nc3c(F)cc(Cl)c4c3C(=O)N(c3ccccc3CO)C4)c(=O)c2=O)C(C)(C)C)o1. The van der Waals surface area contributed by atoms with Crippen molar-refractivity contribution in [3.63, 3.8) is 0 Å². The second-order valence-corrected chi connectivity index (χ2v) is 11.1. The summed E-state index contributed by atoms with van der Waals surface area (Å²) in [6.45, 7) is 7.39. The number of benzene rings is 2. The van der Waals surface area contributed by atoms with E-state index >= 15 is 4.39 Å². The van der Waals surface area contributed by atoms with Crippen molar-refractivity contribution in [3.8, 4) is 0 Å². The molecular formula is C29H27ClFN3O5. The maximum Gasteiger partial charge on any atom is 0.261 e. The van der Waals surface area contributed by atoms with E-state index in [1.165, 1.54) is 4.90 Å². The van der Waals surface area contributed by atoms with Crippen LogP contribution in [0.5, 0.6) is 0 Å². The maximum atomic E-state index is 15.3. The van der Waals surface area contributed by atoms with Crippen LogP contribution in [0.1, 0.15) is 59.8 Å². The van der Waals surface area contributed by atoms with Gasteiger partial charge < -0.3 is 25.1 Å². The Labute approximate surface area is 228 Å². The molecule has 0 unspecified atom stereocenters. The number of halogens is 2. The zero-order valence-electron chi connectivity index (χ0n) is 21.8. The van der Waals surface area contributed by atoms with E-state index in [1.54, 1.807) is 43.3 Å². The van der Waals surface area contributed by atoms with Gasteiger partial charge in [0.2, 0.25) is 0 Å². The van der Waals surface area contributed by atoms with Crippen LogP contribution in [0.15, 0.2) is 56.5 Å². The number of hydrogen-bond donors (Lipinski definition) is 3. The highest BCUT2D eigenvalue weighted by molar-refractivity contribution is 6.33. The molecule has 1 amide bonds. The summed E-state index contributed by atoms with van der Waals surface area (Å²) in [5, 5.41) is 15.7. The van der Waals surface area contributed by atoms with Crippen molar-refractivity contribution in [1.29, 1.82) is 0 Å². The highest BCUT2D eigenvalue weighted by atomic mass is 35.5. The standard InChI is InChI=1S/C29H27ClFN3O5/c1-14-9-10-20(39-14)27(29(2,3)4)33-24-23(25(36)26(24)37)32-22-18(31)11-17(30)16-12-34(28(38)21(16)22)19-8-6-5-7-15(19)13-35/h5-11,27,32-33,35H,12-13H2,1-4H3/t27-/m0/s1. The van der Waals surface area contributed by atoms with Crippen LogP contribution in [0.25, 0.3) is 0 Å². The molecule has 4 aromatic rings. The maximum absolute atomic E-state index is 15.3. The van der Waals surface area contributed by atoms with E-state index in [2.05, 4.69) is 10.6 Å². The van der Waals surface area contributed by atoms with Crippen molar-refractivity contribution < 1.29 is 18.7 Å². The second-order valence-electron chi connectivity index (χ2n) is 10.7. The van der Waals surface area contributed by atoms with Crippen molar-refractivity contribution in [1.82, 2.24) is 0 Å². The zero-order valence-corrected chi connectivity index (χ0v) is 22.6. The van der Waals surface area contributed by atoms with Gasteiger partial charge in [0, 0.05) is 21.8 Å². The van der Waals surface area contributed by atoms with Crippen LogP contribution >= 0.6 is 11.6 Å². The molecule has 0 spiro atoms. The minimum Gasteiger partial charge on any atom is -0.464 e.